The predicted octanol–water partition coefficient (Wildman–Crippen LogP) is 3.83. The molecular weight excluding hydrogens is 396 g/mol. The van der Waals surface area contributed by atoms with Gasteiger partial charge in [0, 0.05) is 30.0 Å². The van der Waals surface area contributed by atoms with Crippen molar-refractivity contribution in [1.82, 2.24) is 0 Å². The highest BCUT2D eigenvalue weighted by molar-refractivity contribution is 5.94. The van der Waals surface area contributed by atoms with Crippen LogP contribution < -0.4 is 15.0 Å². The van der Waals surface area contributed by atoms with E-state index in [0.29, 0.717) is 17.0 Å². The van der Waals surface area contributed by atoms with Crippen LogP contribution in [-0.2, 0) is 14.3 Å². The molecule has 1 heterocycles. The molecule has 164 valence electrons. The van der Waals surface area contributed by atoms with Gasteiger partial charge in [0.1, 0.15) is 5.75 Å². The average Bonchev–Trinajstić information content (AvgIpc) is 3.07. The van der Waals surface area contributed by atoms with Crippen LogP contribution in [0.5, 0.6) is 5.75 Å². The van der Waals surface area contributed by atoms with E-state index in [0.717, 1.165) is 18.8 Å². The molecule has 0 spiro atoms. The van der Waals surface area contributed by atoms with Crippen molar-refractivity contribution in [1.29, 1.82) is 0 Å². The average molecular weight is 424 g/mol. The molecular formula is C24H28N2O5. The molecule has 0 aliphatic carbocycles. The Morgan fingerprint density at radius 3 is 2.13 bits per heavy atom. The lowest BCUT2D eigenvalue weighted by Gasteiger charge is -2.22. The number of benzene rings is 2. The van der Waals surface area contributed by atoms with Gasteiger partial charge in [-0.25, -0.2) is 4.79 Å². The Balaban J connectivity index is 1.39. The maximum atomic E-state index is 12.1. The van der Waals surface area contributed by atoms with Crippen LogP contribution in [0.1, 0.15) is 43.0 Å². The number of Topliss-reactive ketones (excluding diaryl/α,β-unsaturated/α-hetero) is 1. The first kappa shape index (κ1) is 22.3. The lowest BCUT2D eigenvalue weighted by molar-refractivity contribution is -0.149. The van der Waals surface area contributed by atoms with Gasteiger partial charge in [0.05, 0.1) is 0 Å². The van der Waals surface area contributed by atoms with Gasteiger partial charge in [0.2, 0.25) is 0 Å². The van der Waals surface area contributed by atoms with E-state index in [1.165, 1.54) is 32.6 Å². The molecule has 1 fully saturated rings. The summed E-state index contributed by atoms with van der Waals surface area (Å²) >= 11 is 0. The number of hydrogen-bond acceptors (Lipinski definition) is 6. The number of hydrogen-bond donors (Lipinski definition) is 1. The zero-order valence-electron chi connectivity index (χ0n) is 17.8. The van der Waals surface area contributed by atoms with Crippen LogP contribution in [0.2, 0.25) is 0 Å². The van der Waals surface area contributed by atoms with Crippen molar-refractivity contribution in [2.75, 3.05) is 36.5 Å². The second-order valence-electron chi connectivity index (χ2n) is 7.53. The monoisotopic (exact) mass is 424 g/mol. The van der Waals surface area contributed by atoms with Crippen molar-refractivity contribution in [2.45, 2.75) is 32.6 Å². The fourth-order valence-corrected chi connectivity index (χ4v) is 3.40. The van der Waals surface area contributed by atoms with Crippen molar-refractivity contribution in [3.05, 3.63) is 54.1 Å². The van der Waals surface area contributed by atoms with Crippen LogP contribution >= 0.6 is 0 Å². The molecule has 1 aliphatic heterocycles. The van der Waals surface area contributed by atoms with E-state index in [-0.39, 0.29) is 19.0 Å². The highest BCUT2D eigenvalue weighted by Crippen LogP contribution is 2.21. The number of nitrogens with one attached hydrogen (secondary N) is 1. The van der Waals surface area contributed by atoms with Crippen molar-refractivity contribution >= 4 is 29.0 Å². The number of esters is 1. The molecule has 0 unspecified atom stereocenters. The van der Waals surface area contributed by atoms with Crippen LogP contribution in [0.25, 0.3) is 0 Å². The van der Waals surface area contributed by atoms with Gasteiger partial charge in [-0.3, -0.25) is 9.59 Å². The van der Waals surface area contributed by atoms with Gasteiger partial charge in [-0.05, 0) is 68.3 Å². The topological polar surface area (TPSA) is 84.9 Å². The molecule has 0 aromatic heterocycles. The lowest BCUT2D eigenvalue weighted by Crippen LogP contribution is -2.24. The van der Waals surface area contributed by atoms with Crippen molar-refractivity contribution < 1.29 is 23.9 Å². The molecule has 2 aromatic carbocycles. The number of carbonyl (C=O) groups is 3. The van der Waals surface area contributed by atoms with Crippen molar-refractivity contribution in [2.24, 2.45) is 0 Å². The first-order chi connectivity index (χ1) is 15.0. The van der Waals surface area contributed by atoms with Crippen LogP contribution in [0, 0.1) is 0 Å². The third kappa shape index (κ3) is 7.13. The first-order valence-electron chi connectivity index (χ1n) is 10.6. The summed E-state index contributed by atoms with van der Waals surface area (Å²) < 4.78 is 10.3. The van der Waals surface area contributed by atoms with Gasteiger partial charge >= 0.3 is 5.97 Å². The first-order valence-corrected chi connectivity index (χ1v) is 10.6. The zero-order valence-corrected chi connectivity index (χ0v) is 17.8. The second-order valence-corrected chi connectivity index (χ2v) is 7.53. The summed E-state index contributed by atoms with van der Waals surface area (Å²) in [5.74, 6) is -0.673. The molecule has 7 nitrogen and oxygen atoms in total. The summed E-state index contributed by atoms with van der Waals surface area (Å²) in [5, 5.41) is 2.72. The molecule has 3 rings (SSSR count). The standard InChI is InChI=1S/C24H28N2O5/c1-18(27)19-6-12-22(13-7-19)30-17-24(29)31-16-23(28)25-20-8-10-21(11-9-20)26-14-4-2-3-5-15-26/h6-13H,2-5,14-17H2,1H3,(H,25,28). The van der Waals surface area contributed by atoms with E-state index in [9.17, 15) is 14.4 Å². The summed E-state index contributed by atoms with van der Waals surface area (Å²) in [6.45, 7) is 2.88. The lowest BCUT2D eigenvalue weighted by atomic mass is 10.1. The maximum absolute atomic E-state index is 12.1. The summed E-state index contributed by atoms with van der Waals surface area (Å²) in [4.78, 5) is 37.5. The number of ketones is 1. The van der Waals surface area contributed by atoms with Gasteiger partial charge in [-0.2, -0.15) is 0 Å². The molecule has 0 bridgehead atoms. The SMILES string of the molecule is CC(=O)c1ccc(OCC(=O)OCC(=O)Nc2ccc(N3CCCCCC3)cc2)cc1. The van der Waals surface area contributed by atoms with Gasteiger partial charge in [0.15, 0.2) is 19.0 Å². The van der Waals surface area contributed by atoms with E-state index in [1.807, 2.05) is 24.3 Å². The summed E-state index contributed by atoms with van der Waals surface area (Å²) in [6, 6.07) is 14.2. The van der Waals surface area contributed by atoms with E-state index in [1.54, 1.807) is 24.3 Å². The smallest absolute Gasteiger partial charge is 0.344 e. The summed E-state index contributed by atoms with van der Waals surface area (Å²) in [5.41, 5.74) is 2.37. The molecule has 31 heavy (non-hydrogen) atoms. The Morgan fingerprint density at radius 1 is 0.871 bits per heavy atom. The van der Waals surface area contributed by atoms with Crippen LogP contribution in [0.3, 0.4) is 0 Å². The molecule has 0 radical (unpaired) electrons. The maximum Gasteiger partial charge on any atom is 0.344 e. The number of amides is 1. The van der Waals surface area contributed by atoms with Crippen LogP contribution in [0.15, 0.2) is 48.5 Å². The third-order valence-electron chi connectivity index (χ3n) is 5.10. The minimum absolute atomic E-state index is 0.0476. The van der Waals surface area contributed by atoms with Gasteiger partial charge in [-0.15, -0.1) is 0 Å². The minimum Gasteiger partial charge on any atom is -0.482 e. The molecule has 0 saturated carbocycles. The molecule has 0 atom stereocenters. The predicted molar refractivity (Wildman–Crippen MR) is 119 cm³/mol. The van der Waals surface area contributed by atoms with Crippen LogP contribution in [-0.4, -0.2) is 44.0 Å². The Kier molecular flexibility index (Phi) is 8.04. The highest BCUT2D eigenvalue weighted by atomic mass is 16.6. The minimum atomic E-state index is -0.651. The van der Waals surface area contributed by atoms with E-state index < -0.39 is 11.9 Å². The van der Waals surface area contributed by atoms with Gasteiger partial charge in [-0.1, -0.05) is 12.8 Å². The molecule has 1 amide bonds. The quantitative estimate of drug-likeness (QED) is 0.512. The largest absolute Gasteiger partial charge is 0.482 e. The normalized spacial score (nSPS) is 13.8. The number of anilines is 2. The Morgan fingerprint density at radius 2 is 1.52 bits per heavy atom. The van der Waals surface area contributed by atoms with Gasteiger partial charge < -0.3 is 19.7 Å². The molecule has 2 aromatic rings. The Bertz CT molecular complexity index is 885. The highest BCUT2D eigenvalue weighted by Gasteiger charge is 2.12. The third-order valence-corrected chi connectivity index (χ3v) is 5.10. The molecule has 1 saturated heterocycles. The Labute approximate surface area is 182 Å². The summed E-state index contributed by atoms with van der Waals surface area (Å²) in [7, 11) is 0. The number of carbonyl (C=O) groups excluding carboxylic acids is 3. The molecule has 7 heteroatoms. The van der Waals surface area contributed by atoms with E-state index in [4.69, 9.17) is 9.47 Å². The molecule has 1 aliphatic rings. The number of rotatable bonds is 8. The fraction of sp³-hybridized carbons (Fsp3) is 0.375. The number of nitrogens with zero attached hydrogens (tertiary/aromatic N) is 1. The van der Waals surface area contributed by atoms with Gasteiger partial charge in [0.25, 0.3) is 5.91 Å². The Hall–Kier alpha value is -3.35. The van der Waals surface area contributed by atoms with E-state index >= 15 is 0 Å². The van der Waals surface area contributed by atoms with Crippen LogP contribution in [0.4, 0.5) is 11.4 Å². The van der Waals surface area contributed by atoms with Crippen molar-refractivity contribution in [3.8, 4) is 5.75 Å². The summed E-state index contributed by atoms with van der Waals surface area (Å²) in [6.07, 6.45) is 4.97. The second kappa shape index (κ2) is 11.2. The fourth-order valence-electron chi connectivity index (χ4n) is 3.40. The van der Waals surface area contributed by atoms with E-state index in [2.05, 4.69) is 10.2 Å². The zero-order chi connectivity index (χ0) is 22.1. The molecule has 1 N–H and O–H groups in total. The number of ether oxygens (including phenoxy) is 2. The van der Waals surface area contributed by atoms with Crippen molar-refractivity contribution in [3.63, 3.8) is 0 Å².